The van der Waals surface area contributed by atoms with E-state index in [1.54, 1.807) is 0 Å². The molecule has 3 nitrogen and oxygen atoms in total. The molecule has 4 rings (SSSR count). The molecule has 1 heterocycles. The summed E-state index contributed by atoms with van der Waals surface area (Å²) in [5, 5.41) is 1.20. The summed E-state index contributed by atoms with van der Waals surface area (Å²) in [5.41, 5.74) is 3.07. The van der Waals surface area contributed by atoms with Crippen molar-refractivity contribution in [2.45, 2.75) is 25.4 Å². The van der Waals surface area contributed by atoms with E-state index < -0.39 is 0 Å². The summed E-state index contributed by atoms with van der Waals surface area (Å²) in [4.78, 5) is 18.0. The van der Waals surface area contributed by atoms with Gasteiger partial charge in [0.05, 0.1) is 0 Å². The Labute approximate surface area is 129 Å². The van der Waals surface area contributed by atoms with E-state index in [0.717, 1.165) is 23.9 Å². The van der Waals surface area contributed by atoms with Gasteiger partial charge in [-0.1, -0.05) is 30.3 Å². The number of hydrogen-bond acceptors (Lipinski definition) is 1. The van der Waals surface area contributed by atoms with E-state index in [1.807, 2.05) is 41.4 Å². The number of aromatic amines is 1. The van der Waals surface area contributed by atoms with Crippen molar-refractivity contribution in [3.63, 3.8) is 0 Å². The molecule has 0 radical (unpaired) electrons. The molecule has 0 atom stereocenters. The second kappa shape index (κ2) is 5.34. The summed E-state index contributed by atoms with van der Waals surface area (Å²) in [7, 11) is 0. The van der Waals surface area contributed by atoms with Gasteiger partial charge in [-0.2, -0.15) is 0 Å². The smallest absolute Gasteiger partial charge is 0.254 e. The fourth-order valence-corrected chi connectivity index (χ4v) is 2.89. The molecule has 0 spiro atoms. The van der Waals surface area contributed by atoms with Gasteiger partial charge in [0.25, 0.3) is 5.91 Å². The average Bonchev–Trinajstić information content (AvgIpc) is 3.30. The minimum absolute atomic E-state index is 0.134. The lowest BCUT2D eigenvalue weighted by Gasteiger charge is -2.22. The first-order chi connectivity index (χ1) is 10.8. The maximum atomic E-state index is 12.8. The Kier molecular flexibility index (Phi) is 3.19. The highest BCUT2D eigenvalue weighted by Gasteiger charge is 2.33. The number of hydrogen-bond donors (Lipinski definition) is 1. The molecular formula is C19H18N2O. The van der Waals surface area contributed by atoms with E-state index in [1.165, 1.54) is 10.9 Å². The van der Waals surface area contributed by atoms with Crippen LogP contribution in [0.4, 0.5) is 0 Å². The second-order valence-corrected chi connectivity index (χ2v) is 5.93. The monoisotopic (exact) mass is 290 g/mol. The van der Waals surface area contributed by atoms with Gasteiger partial charge in [0, 0.05) is 29.9 Å². The van der Waals surface area contributed by atoms with Crippen LogP contribution in [0.3, 0.4) is 0 Å². The van der Waals surface area contributed by atoms with Crippen molar-refractivity contribution in [1.29, 1.82) is 0 Å². The Hall–Kier alpha value is -2.55. The van der Waals surface area contributed by atoms with E-state index in [4.69, 9.17) is 0 Å². The van der Waals surface area contributed by atoms with E-state index in [9.17, 15) is 4.79 Å². The quantitative estimate of drug-likeness (QED) is 0.775. The van der Waals surface area contributed by atoms with Crippen LogP contribution in [0.1, 0.15) is 28.8 Å². The molecule has 1 aromatic heterocycles. The predicted molar refractivity (Wildman–Crippen MR) is 87.6 cm³/mol. The molecule has 1 amide bonds. The summed E-state index contributed by atoms with van der Waals surface area (Å²) in [6.45, 7) is 0.674. The molecule has 0 aliphatic heterocycles. The highest BCUT2D eigenvalue weighted by atomic mass is 16.2. The first kappa shape index (κ1) is 13.1. The van der Waals surface area contributed by atoms with E-state index in [-0.39, 0.29) is 5.91 Å². The van der Waals surface area contributed by atoms with Gasteiger partial charge in [-0.05, 0) is 48.1 Å². The molecule has 1 fully saturated rings. The summed E-state index contributed by atoms with van der Waals surface area (Å²) in [6.07, 6.45) is 4.18. The van der Waals surface area contributed by atoms with Gasteiger partial charge >= 0.3 is 0 Å². The van der Waals surface area contributed by atoms with Gasteiger partial charge in [0.1, 0.15) is 0 Å². The highest BCUT2D eigenvalue weighted by molar-refractivity contribution is 5.94. The van der Waals surface area contributed by atoms with Crippen molar-refractivity contribution in [2.24, 2.45) is 0 Å². The van der Waals surface area contributed by atoms with Gasteiger partial charge in [0.2, 0.25) is 0 Å². The Bertz CT molecular complexity index is 802. The fourth-order valence-electron chi connectivity index (χ4n) is 2.89. The molecule has 1 aliphatic carbocycles. The predicted octanol–water partition coefficient (Wildman–Crippen LogP) is 3.97. The zero-order chi connectivity index (χ0) is 14.9. The molecule has 1 N–H and O–H groups in total. The molecule has 3 aromatic rings. The maximum absolute atomic E-state index is 12.8. The lowest BCUT2D eigenvalue weighted by Crippen LogP contribution is -2.32. The highest BCUT2D eigenvalue weighted by Crippen LogP contribution is 2.30. The molecule has 0 unspecified atom stereocenters. The molecule has 1 saturated carbocycles. The van der Waals surface area contributed by atoms with Crippen LogP contribution in [0.5, 0.6) is 0 Å². The summed E-state index contributed by atoms with van der Waals surface area (Å²) in [5.74, 6) is 0.134. The topological polar surface area (TPSA) is 36.1 Å². The van der Waals surface area contributed by atoms with Crippen LogP contribution in [-0.4, -0.2) is 21.8 Å². The Balaban J connectivity index is 1.61. The molecule has 0 saturated heterocycles. The van der Waals surface area contributed by atoms with E-state index in [0.29, 0.717) is 12.6 Å². The van der Waals surface area contributed by atoms with Gasteiger partial charge in [-0.3, -0.25) is 4.79 Å². The summed E-state index contributed by atoms with van der Waals surface area (Å²) < 4.78 is 0. The zero-order valence-electron chi connectivity index (χ0n) is 12.3. The minimum atomic E-state index is 0.134. The van der Waals surface area contributed by atoms with Crippen LogP contribution < -0.4 is 0 Å². The molecule has 110 valence electrons. The maximum Gasteiger partial charge on any atom is 0.254 e. The van der Waals surface area contributed by atoms with Crippen LogP contribution in [-0.2, 0) is 6.54 Å². The lowest BCUT2D eigenvalue weighted by atomic mass is 10.1. The van der Waals surface area contributed by atoms with Crippen molar-refractivity contribution in [3.05, 3.63) is 71.9 Å². The number of H-pyrrole nitrogens is 1. The van der Waals surface area contributed by atoms with Gasteiger partial charge < -0.3 is 9.88 Å². The number of nitrogens with zero attached hydrogens (tertiary/aromatic N) is 1. The summed E-state index contributed by atoms with van der Waals surface area (Å²) in [6, 6.07) is 18.4. The summed E-state index contributed by atoms with van der Waals surface area (Å²) >= 11 is 0. The normalized spacial score (nSPS) is 14.2. The Morgan fingerprint density at radius 1 is 1.09 bits per heavy atom. The molecule has 2 aromatic carbocycles. The molecule has 3 heteroatoms. The van der Waals surface area contributed by atoms with Crippen LogP contribution in [0.2, 0.25) is 0 Å². The van der Waals surface area contributed by atoms with Crippen molar-refractivity contribution in [3.8, 4) is 0 Å². The number of carbonyl (C=O) groups is 1. The Morgan fingerprint density at radius 2 is 1.91 bits per heavy atom. The van der Waals surface area contributed by atoms with Crippen LogP contribution in [0.15, 0.2) is 60.8 Å². The molecule has 0 bridgehead atoms. The average molecular weight is 290 g/mol. The van der Waals surface area contributed by atoms with E-state index in [2.05, 4.69) is 29.2 Å². The lowest BCUT2D eigenvalue weighted by molar-refractivity contribution is 0.0730. The van der Waals surface area contributed by atoms with Gasteiger partial charge in [0.15, 0.2) is 0 Å². The Morgan fingerprint density at radius 3 is 2.68 bits per heavy atom. The standard InChI is InChI=1S/C19H18N2O/c22-19(16-4-2-1-3-5-16)21(17-8-9-17)13-14-6-7-15-10-11-20-18(15)12-14/h1-7,10-12,17,20H,8-9,13H2. The second-order valence-electron chi connectivity index (χ2n) is 5.93. The number of fused-ring (bicyclic) bond motifs is 1. The largest absolute Gasteiger partial charge is 0.361 e. The van der Waals surface area contributed by atoms with Crippen LogP contribution in [0, 0.1) is 0 Å². The minimum Gasteiger partial charge on any atom is -0.361 e. The first-order valence-corrected chi connectivity index (χ1v) is 7.73. The SMILES string of the molecule is O=C(c1ccccc1)N(Cc1ccc2cc[nH]c2c1)C1CC1. The van der Waals surface area contributed by atoms with Crippen molar-refractivity contribution < 1.29 is 4.79 Å². The number of carbonyl (C=O) groups excluding carboxylic acids is 1. The van der Waals surface area contributed by atoms with Gasteiger partial charge in [-0.25, -0.2) is 0 Å². The number of rotatable bonds is 4. The number of aromatic nitrogens is 1. The van der Waals surface area contributed by atoms with Crippen LogP contribution in [0.25, 0.3) is 10.9 Å². The zero-order valence-corrected chi connectivity index (χ0v) is 12.3. The van der Waals surface area contributed by atoms with Crippen molar-refractivity contribution >= 4 is 16.8 Å². The third-order valence-electron chi connectivity index (χ3n) is 4.24. The molecule has 1 aliphatic rings. The van der Waals surface area contributed by atoms with Crippen molar-refractivity contribution in [2.75, 3.05) is 0 Å². The van der Waals surface area contributed by atoms with Crippen LogP contribution >= 0.6 is 0 Å². The van der Waals surface area contributed by atoms with Crippen molar-refractivity contribution in [1.82, 2.24) is 9.88 Å². The number of amides is 1. The van der Waals surface area contributed by atoms with E-state index >= 15 is 0 Å². The number of benzene rings is 2. The third-order valence-corrected chi connectivity index (χ3v) is 4.24. The van der Waals surface area contributed by atoms with Gasteiger partial charge in [-0.15, -0.1) is 0 Å². The third kappa shape index (κ3) is 2.50. The first-order valence-electron chi connectivity index (χ1n) is 7.73. The molecular weight excluding hydrogens is 272 g/mol. The number of nitrogens with one attached hydrogen (secondary N) is 1. The molecule has 22 heavy (non-hydrogen) atoms. The fraction of sp³-hybridized carbons (Fsp3) is 0.211.